The molecule has 4 rings (SSSR count). The number of carbonyl (C=O) groups excluding carboxylic acids is 1. The van der Waals surface area contributed by atoms with Crippen LogP contribution in [0.15, 0.2) is 0 Å². The van der Waals surface area contributed by atoms with Crippen molar-refractivity contribution in [2.45, 2.75) is 44.1 Å². The normalized spacial score (nSPS) is 49.3. The fourth-order valence-corrected chi connectivity index (χ4v) is 4.48. The van der Waals surface area contributed by atoms with Crippen LogP contribution in [0, 0.1) is 17.8 Å². The third kappa shape index (κ3) is 1.22. The summed E-state index contributed by atoms with van der Waals surface area (Å²) in [5.41, 5.74) is -0.0897. The third-order valence-corrected chi connectivity index (χ3v) is 4.41. The lowest BCUT2D eigenvalue weighted by Crippen LogP contribution is -2.62. The van der Waals surface area contributed by atoms with Crippen LogP contribution < -0.4 is 10.4 Å². The van der Waals surface area contributed by atoms with Gasteiger partial charge in [-0.1, -0.05) is 0 Å². The first-order valence-corrected chi connectivity index (χ1v) is 5.64. The summed E-state index contributed by atoms with van der Waals surface area (Å²) in [5, 5.41) is 13.4. The van der Waals surface area contributed by atoms with E-state index in [1.165, 1.54) is 19.3 Å². The number of hydrogen-bond acceptors (Lipinski definition) is 2. The van der Waals surface area contributed by atoms with Crippen molar-refractivity contribution in [2.24, 2.45) is 17.8 Å². The van der Waals surface area contributed by atoms with Crippen molar-refractivity contribution in [1.29, 1.82) is 0 Å². The molecule has 78 valence electrons. The minimum atomic E-state index is -1.08. The second kappa shape index (κ2) is 2.65. The topological polar surface area (TPSA) is 52.2 Å². The van der Waals surface area contributed by atoms with Gasteiger partial charge in [0, 0.05) is 5.54 Å². The molecule has 0 atom stereocenters. The van der Waals surface area contributed by atoms with Gasteiger partial charge in [0.05, 0.1) is 0 Å². The highest BCUT2D eigenvalue weighted by Crippen LogP contribution is 2.55. The maximum absolute atomic E-state index is 10.7. The Hall–Kier alpha value is -0.730. The van der Waals surface area contributed by atoms with Crippen molar-refractivity contribution in [2.75, 3.05) is 0 Å². The van der Waals surface area contributed by atoms with Crippen molar-refractivity contribution < 1.29 is 9.90 Å². The highest BCUT2D eigenvalue weighted by Gasteiger charge is 2.50. The zero-order valence-corrected chi connectivity index (χ0v) is 8.29. The zero-order valence-electron chi connectivity index (χ0n) is 8.29. The van der Waals surface area contributed by atoms with Gasteiger partial charge in [0.15, 0.2) is 0 Å². The molecular weight excluding hydrogens is 178 g/mol. The highest BCUT2D eigenvalue weighted by atomic mass is 16.4. The van der Waals surface area contributed by atoms with Gasteiger partial charge in [0.2, 0.25) is 0 Å². The quantitative estimate of drug-likeness (QED) is 0.674. The molecule has 0 saturated heterocycles. The summed E-state index contributed by atoms with van der Waals surface area (Å²) in [4.78, 5) is 10.7. The molecule has 1 N–H and O–H groups in total. The average Bonchev–Trinajstić information content (AvgIpc) is 1.96. The Morgan fingerprint density at radius 3 is 1.86 bits per heavy atom. The molecule has 14 heavy (non-hydrogen) atoms. The van der Waals surface area contributed by atoms with Crippen LogP contribution in [0.1, 0.15) is 38.5 Å². The van der Waals surface area contributed by atoms with Gasteiger partial charge in [-0.2, -0.15) is 0 Å². The molecule has 0 aromatic rings. The summed E-state index contributed by atoms with van der Waals surface area (Å²) >= 11 is 0. The Bertz CT molecular complexity index is 239. The SMILES string of the molecule is O=C([O-])NC12CC3CC(CC(C3)C1)C2. The first-order chi connectivity index (χ1) is 6.65. The Balaban J connectivity index is 1.83. The van der Waals surface area contributed by atoms with Crippen LogP contribution in [0.25, 0.3) is 0 Å². The maximum Gasteiger partial charge on any atom is 0.134 e. The fraction of sp³-hybridized carbons (Fsp3) is 0.909. The Morgan fingerprint density at radius 2 is 1.50 bits per heavy atom. The minimum absolute atomic E-state index is 0.0897. The highest BCUT2D eigenvalue weighted by molar-refractivity contribution is 5.63. The van der Waals surface area contributed by atoms with Crippen molar-refractivity contribution >= 4 is 6.09 Å². The number of carboxylic acid groups (broad SMARTS) is 1. The van der Waals surface area contributed by atoms with E-state index in [9.17, 15) is 9.90 Å². The molecule has 0 aromatic carbocycles. The van der Waals surface area contributed by atoms with Gasteiger partial charge in [-0.15, -0.1) is 0 Å². The second-order valence-corrected chi connectivity index (χ2v) is 5.61. The van der Waals surface area contributed by atoms with Crippen LogP contribution in [0.4, 0.5) is 4.79 Å². The number of amides is 1. The largest absolute Gasteiger partial charge is 0.530 e. The number of nitrogens with one attached hydrogen (secondary N) is 1. The molecule has 0 spiro atoms. The first-order valence-electron chi connectivity index (χ1n) is 5.64. The van der Waals surface area contributed by atoms with E-state index in [-0.39, 0.29) is 5.54 Å². The van der Waals surface area contributed by atoms with Crippen LogP contribution in [0.2, 0.25) is 0 Å². The van der Waals surface area contributed by atoms with Crippen LogP contribution in [0.3, 0.4) is 0 Å². The van der Waals surface area contributed by atoms with E-state index >= 15 is 0 Å². The summed E-state index contributed by atoms with van der Waals surface area (Å²) in [7, 11) is 0. The van der Waals surface area contributed by atoms with Gasteiger partial charge in [0.25, 0.3) is 0 Å². The molecule has 0 unspecified atom stereocenters. The summed E-state index contributed by atoms with van der Waals surface area (Å²) in [6.07, 6.45) is 6.13. The molecule has 3 nitrogen and oxygen atoms in total. The van der Waals surface area contributed by atoms with Crippen LogP contribution in [-0.2, 0) is 0 Å². The molecule has 0 aromatic heterocycles. The lowest BCUT2D eigenvalue weighted by molar-refractivity contribution is -0.255. The molecule has 1 amide bonds. The monoisotopic (exact) mass is 194 g/mol. The lowest BCUT2D eigenvalue weighted by Gasteiger charge is -2.57. The minimum Gasteiger partial charge on any atom is -0.530 e. The standard InChI is InChI=1S/C11H17NO2/c13-10(14)12-11-4-7-1-8(5-11)3-9(2-7)6-11/h7-9,12H,1-6H2,(H,13,14)/p-1. The molecule has 4 bridgehead atoms. The van der Waals surface area contributed by atoms with E-state index in [4.69, 9.17) is 0 Å². The van der Waals surface area contributed by atoms with E-state index in [1.807, 2.05) is 0 Å². The molecule has 4 fully saturated rings. The summed E-state index contributed by atoms with van der Waals surface area (Å²) in [5.74, 6) is 2.36. The van der Waals surface area contributed by atoms with E-state index in [0.29, 0.717) is 0 Å². The van der Waals surface area contributed by atoms with Crippen molar-refractivity contribution in [3.8, 4) is 0 Å². The summed E-state index contributed by atoms with van der Waals surface area (Å²) in [6.45, 7) is 0. The Morgan fingerprint density at radius 1 is 1.07 bits per heavy atom. The van der Waals surface area contributed by atoms with E-state index in [0.717, 1.165) is 37.0 Å². The third-order valence-electron chi connectivity index (χ3n) is 4.41. The van der Waals surface area contributed by atoms with Crippen LogP contribution >= 0.6 is 0 Å². The van der Waals surface area contributed by atoms with Crippen molar-refractivity contribution in [3.63, 3.8) is 0 Å². The molecular formula is C11H16NO2-. The van der Waals surface area contributed by atoms with Crippen molar-refractivity contribution in [1.82, 2.24) is 5.32 Å². The van der Waals surface area contributed by atoms with Gasteiger partial charge in [-0.3, -0.25) is 0 Å². The molecule has 4 aliphatic rings. The van der Waals surface area contributed by atoms with E-state index < -0.39 is 6.09 Å². The fourth-order valence-electron chi connectivity index (χ4n) is 4.48. The molecule has 0 aliphatic heterocycles. The van der Waals surface area contributed by atoms with Crippen molar-refractivity contribution in [3.05, 3.63) is 0 Å². The molecule has 4 saturated carbocycles. The Kier molecular flexibility index (Phi) is 1.62. The molecule has 4 aliphatic carbocycles. The molecule has 0 heterocycles. The Labute approximate surface area is 83.9 Å². The van der Waals surface area contributed by atoms with Gasteiger partial charge < -0.3 is 15.2 Å². The van der Waals surface area contributed by atoms with Gasteiger partial charge in [-0.05, 0) is 56.3 Å². The number of rotatable bonds is 1. The van der Waals surface area contributed by atoms with E-state index in [2.05, 4.69) is 5.32 Å². The predicted molar refractivity (Wildman–Crippen MR) is 49.4 cm³/mol. The molecule has 0 radical (unpaired) electrons. The van der Waals surface area contributed by atoms with Gasteiger partial charge >= 0.3 is 0 Å². The van der Waals surface area contributed by atoms with Gasteiger partial charge in [0.1, 0.15) is 6.09 Å². The van der Waals surface area contributed by atoms with E-state index in [1.54, 1.807) is 0 Å². The molecule has 3 heteroatoms. The predicted octanol–water partition coefficient (Wildman–Crippen LogP) is 0.888. The number of hydrogen-bond donors (Lipinski definition) is 1. The lowest BCUT2D eigenvalue weighted by atomic mass is 9.53. The van der Waals surface area contributed by atoms with Gasteiger partial charge in [-0.25, -0.2) is 0 Å². The number of carbonyl (C=O) groups is 1. The summed E-state index contributed by atoms with van der Waals surface area (Å²) in [6, 6.07) is 0. The summed E-state index contributed by atoms with van der Waals surface area (Å²) < 4.78 is 0. The smallest absolute Gasteiger partial charge is 0.134 e. The van der Waals surface area contributed by atoms with Crippen LogP contribution in [0.5, 0.6) is 0 Å². The average molecular weight is 194 g/mol. The zero-order chi connectivity index (χ0) is 9.76. The first kappa shape index (κ1) is 8.57. The second-order valence-electron chi connectivity index (χ2n) is 5.61. The van der Waals surface area contributed by atoms with Crippen LogP contribution in [-0.4, -0.2) is 11.6 Å². The maximum atomic E-state index is 10.7.